The molecule has 0 saturated carbocycles. The largest absolute Gasteiger partial charge is 0.418 e. The van der Waals surface area contributed by atoms with Gasteiger partial charge in [-0.1, -0.05) is 11.6 Å². The Labute approximate surface area is 170 Å². The molecule has 1 heterocycles. The summed E-state index contributed by atoms with van der Waals surface area (Å²) in [6.45, 7) is 0.414. The molecule has 29 heavy (non-hydrogen) atoms. The van der Waals surface area contributed by atoms with Crippen molar-refractivity contribution in [3.8, 4) is 0 Å². The van der Waals surface area contributed by atoms with Gasteiger partial charge in [0.1, 0.15) is 6.10 Å². The molecule has 1 aliphatic rings. The SMILES string of the molecule is O=C(Nc1ccc(NS(=O)(=O)c2ccc(Cl)cc2)c(C(F)(F)F)c1)[C@@H]1CCCO1. The van der Waals surface area contributed by atoms with Crippen LogP contribution >= 0.6 is 11.6 Å². The highest BCUT2D eigenvalue weighted by molar-refractivity contribution is 7.92. The number of ether oxygens (including phenoxy) is 1. The zero-order chi connectivity index (χ0) is 21.2. The molecule has 0 aliphatic carbocycles. The van der Waals surface area contributed by atoms with Gasteiger partial charge in [-0.15, -0.1) is 0 Å². The number of alkyl halides is 3. The molecule has 156 valence electrons. The molecule has 1 amide bonds. The van der Waals surface area contributed by atoms with Gasteiger partial charge in [0.05, 0.1) is 16.1 Å². The Bertz CT molecular complexity index is 1000. The zero-order valence-corrected chi connectivity index (χ0v) is 16.4. The maximum Gasteiger partial charge on any atom is 0.418 e. The van der Waals surface area contributed by atoms with Crippen molar-refractivity contribution in [3.05, 3.63) is 53.1 Å². The number of hydrogen-bond donors (Lipinski definition) is 2. The summed E-state index contributed by atoms with van der Waals surface area (Å²) in [5.74, 6) is -0.551. The normalized spacial score (nSPS) is 17.2. The van der Waals surface area contributed by atoms with E-state index in [4.69, 9.17) is 16.3 Å². The summed E-state index contributed by atoms with van der Waals surface area (Å²) in [5, 5.41) is 2.65. The first-order chi connectivity index (χ1) is 13.6. The summed E-state index contributed by atoms with van der Waals surface area (Å²) in [5.41, 5.74) is -2.02. The van der Waals surface area contributed by atoms with Crippen molar-refractivity contribution in [1.29, 1.82) is 0 Å². The van der Waals surface area contributed by atoms with Gasteiger partial charge in [0.15, 0.2) is 0 Å². The Kier molecular flexibility index (Phi) is 6.06. The lowest BCUT2D eigenvalue weighted by molar-refractivity contribution is -0.137. The van der Waals surface area contributed by atoms with Gasteiger partial charge in [-0.3, -0.25) is 9.52 Å². The van der Waals surface area contributed by atoms with Crippen LogP contribution in [0.4, 0.5) is 24.5 Å². The monoisotopic (exact) mass is 448 g/mol. The van der Waals surface area contributed by atoms with E-state index in [1.165, 1.54) is 30.3 Å². The van der Waals surface area contributed by atoms with E-state index in [0.717, 1.165) is 6.07 Å². The van der Waals surface area contributed by atoms with E-state index in [1.807, 2.05) is 4.72 Å². The summed E-state index contributed by atoms with van der Waals surface area (Å²) >= 11 is 5.71. The lowest BCUT2D eigenvalue weighted by Crippen LogP contribution is -2.27. The number of hydrogen-bond acceptors (Lipinski definition) is 4. The summed E-state index contributed by atoms with van der Waals surface area (Å²) in [6, 6.07) is 7.77. The molecule has 1 atom stereocenters. The minimum absolute atomic E-state index is 0.118. The van der Waals surface area contributed by atoms with Crippen LogP contribution in [0, 0.1) is 0 Å². The molecule has 0 radical (unpaired) electrons. The summed E-state index contributed by atoms with van der Waals surface area (Å²) < 4.78 is 72.5. The van der Waals surface area contributed by atoms with Gasteiger partial charge in [0, 0.05) is 17.3 Å². The number of anilines is 2. The molecular formula is C18H16ClF3N2O4S. The van der Waals surface area contributed by atoms with Gasteiger partial charge in [0.25, 0.3) is 15.9 Å². The molecular weight excluding hydrogens is 433 g/mol. The van der Waals surface area contributed by atoms with Crippen LogP contribution in [0.1, 0.15) is 18.4 Å². The van der Waals surface area contributed by atoms with E-state index in [0.29, 0.717) is 25.5 Å². The molecule has 3 rings (SSSR count). The topological polar surface area (TPSA) is 84.5 Å². The molecule has 6 nitrogen and oxygen atoms in total. The average Bonchev–Trinajstić information content (AvgIpc) is 3.17. The minimum atomic E-state index is -4.86. The van der Waals surface area contributed by atoms with Crippen molar-refractivity contribution in [2.45, 2.75) is 30.0 Å². The van der Waals surface area contributed by atoms with Crippen LogP contribution in [0.25, 0.3) is 0 Å². The van der Waals surface area contributed by atoms with E-state index in [1.54, 1.807) is 0 Å². The molecule has 0 aromatic heterocycles. The smallest absolute Gasteiger partial charge is 0.368 e. The summed E-state index contributed by atoms with van der Waals surface area (Å²) in [6.07, 6.45) is -4.40. The summed E-state index contributed by atoms with van der Waals surface area (Å²) in [7, 11) is -4.28. The molecule has 1 saturated heterocycles. The number of sulfonamides is 1. The molecule has 2 aromatic carbocycles. The van der Waals surface area contributed by atoms with Crippen molar-refractivity contribution in [2.75, 3.05) is 16.6 Å². The van der Waals surface area contributed by atoms with Gasteiger partial charge in [-0.05, 0) is 55.3 Å². The lowest BCUT2D eigenvalue weighted by Gasteiger charge is -2.17. The fourth-order valence-electron chi connectivity index (χ4n) is 2.77. The van der Waals surface area contributed by atoms with E-state index in [9.17, 15) is 26.4 Å². The first-order valence-electron chi connectivity index (χ1n) is 8.48. The number of halogens is 4. The number of carbonyl (C=O) groups is 1. The number of carbonyl (C=O) groups excluding carboxylic acids is 1. The number of rotatable bonds is 5. The van der Waals surface area contributed by atoms with Crippen molar-refractivity contribution in [2.24, 2.45) is 0 Å². The van der Waals surface area contributed by atoms with Crippen LogP contribution in [-0.2, 0) is 25.7 Å². The van der Waals surface area contributed by atoms with E-state index in [2.05, 4.69) is 5.32 Å². The Morgan fingerprint density at radius 2 is 1.83 bits per heavy atom. The number of benzene rings is 2. The van der Waals surface area contributed by atoms with Crippen LogP contribution in [0.3, 0.4) is 0 Å². The van der Waals surface area contributed by atoms with Gasteiger partial charge in [0.2, 0.25) is 0 Å². The maximum absolute atomic E-state index is 13.5. The Morgan fingerprint density at radius 1 is 1.14 bits per heavy atom. The Balaban J connectivity index is 1.88. The third-order valence-corrected chi connectivity index (χ3v) is 5.82. The summed E-state index contributed by atoms with van der Waals surface area (Å²) in [4.78, 5) is 11.8. The third kappa shape index (κ3) is 5.20. The quantitative estimate of drug-likeness (QED) is 0.715. The van der Waals surface area contributed by atoms with Gasteiger partial charge in [-0.25, -0.2) is 8.42 Å². The highest BCUT2D eigenvalue weighted by atomic mass is 35.5. The second-order valence-corrected chi connectivity index (χ2v) is 8.43. The standard InChI is InChI=1S/C18H16ClF3N2O4S/c19-11-3-6-13(7-4-11)29(26,27)24-15-8-5-12(10-14(15)18(20,21)22)23-17(25)16-2-1-9-28-16/h3-8,10,16,24H,1-2,9H2,(H,23,25)/t16-/m0/s1. The second kappa shape index (κ2) is 8.21. The predicted molar refractivity (Wildman–Crippen MR) is 101 cm³/mol. The van der Waals surface area contributed by atoms with Crippen LogP contribution in [0.2, 0.25) is 5.02 Å². The van der Waals surface area contributed by atoms with Crippen molar-refractivity contribution < 1.29 is 31.1 Å². The zero-order valence-electron chi connectivity index (χ0n) is 14.8. The van der Waals surface area contributed by atoms with Crippen LogP contribution in [0.15, 0.2) is 47.4 Å². The van der Waals surface area contributed by atoms with Gasteiger partial charge in [-0.2, -0.15) is 13.2 Å². The molecule has 2 N–H and O–H groups in total. The first kappa shape index (κ1) is 21.4. The fraction of sp³-hybridized carbons (Fsp3) is 0.278. The van der Waals surface area contributed by atoms with E-state index < -0.39 is 39.5 Å². The average molecular weight is 449 g/mol. The van der Waals surface area contributed by atoms with Gasteiger partial charge < -0.3 is 10.1 Å². The number of amides is 1. The Morgan fingerprint density at radius 3 is 2.41 bits per heavy atom. The highest BCUT2D eigenvalue weighted by Gasteiger charge is 2.35. The number of nitrogens with one attached hydrogen (secondary N) is 2. The predicted octanol–water partition coefficient (Wildman–Crippen LogP) is 4.28. The second-order valence-electron chi connectivity index (χ2n) is 6.31. The highest BCUT2D eigenvalue weighted by Crippen LogP contribution is 2.37. The van der Waals surface area contributed by atoms with Crippen molar-refractivity contribution in [1.82, 2.24) is 0 Å². The third-order valence-electron chi connectivity index (χ3n) is 4.18. The Hall–Kier alpha value is -2.30. The van der Waals surface area contributed by atoms with Gasteiger partial charge >= 0.3 is 6.18 Å². The van der Waals surface area contributed by atoms with Crippen LogP contribution in [0.5, 0.6) is 0 Å². The van der Waals surface area contributed by atoms with Crippen LogP contribution in [-0.4, -0.2) is 27.0 Å². The van der Waals surface area contributed by atoms with E-state index in [-0.39, 0.29) is 15.6 Å². The molecule has 0 unspecified atom stereocenters. The molecule has 1 aliphatic heterocycles. The molecule has 2 aromatic rings. The lowest BCUT2D eigenvalue weighted by atomic mass is 10.1. The first-order valence-corrected chi connectivity index (χ1v) is 10.3. The molecule has 11 heteroatoms. The molecule has 1 fully saturated rings. The van der Waals surface area contributed by atoms with Crippen molar-refractivity contribution in [3.63, 3.8) is 0 Å². The fourth-order valence-corrected chi connectivity index (χ4v) is 3.98. The van der Waals surface area contributed by atoms with Crippen molar-refractivity contribution >= 4 is 38.9 Å². The minimum Gasteiger partial charge on any atom is -0.368 e. The molecule has 0 spiro atoms. The van der Waals surface area contributed by atoms with E-state index >= 15 is 0 Å². The molecule has 0 bridgehead atoms. The van der Waals surface area contributed by atoms with Crippen LogP contribution < -0.4 is 10.0 Å². The maximum atomic E-state index is 13.5.